The quantitative estimate of drug-likeness (QED) is 0.602. The van der Waals surface area contributed by atoms with Gasteiger partial charge < -0.3 is 15.2 Å². The van der Waals surface area contributed by atoms with Crippen molar-refractivity contribution in [1.82, 2.24) is 20.2 Å². The largest absolute Gasteiger partial charge is 0.493 e. The maximum Gasteiger partial charge on any atom is 0.162 e. The molecule has 0 aliphatic heterocycles. The molecule has 24 heavy (non-hydrogen) atoms. The normalized spacial score (nSPS) is 11.1. The van der Waals surface area contributed by atoms with Gasteiger partial charge in [0.1, 0.15) is 5.82 Å². The number of hydrogen-bond acceptors (Lipinski definition) is 6. The zero-order chi connectivity index (χ0) is 16.7. The first-order chi connectivity index (χ1) is 11.7. The van der Waals surface area contributed by atoms with Crippen molar-refractivity contribution < 1.29 is 9.47 Å². The second kappa shape index (κ2) is 5.38. The fourth-order valence-electron chi connectivity index (χ4n) is 2.69. The molecule has 7 heteroatoms. The second-order valence-electron chi connectivity index (χ2n) is 5.33. The van der Waals surface area contributed by atoms with Gasteiger partial charge in [-0.05, 0) is 24.3 Å². The highest BCUT2D eigenvalue weighted by atomic mass is 16.5. The van der Waals surface area contributed by atoms with Crippen LogP contribution in [-0.4, -0.2) is 34.4 Å². The molecule has 0 aliphatic rings. The second-order valence-corrected chi connectivity index (χ2v) is 5.33. The minimum absolute atomic E-state index is 0.392. The molecule has 0 saturated heterocycles. The van der Waals surface area contributed by atoms with E-state index in [0.717, 1.165) is 21.9 Å². The summed E-state index contributed by atoms with van der Waals surface area (Å²) in [6, 6.07) is 9.43. The predicted molar refractivity (Wildman–Crippen MR) is 92.1 cm³/mol. The summed E-state index contributed by atoms with van der Waals surface area (Å²) < 4.78 is 10.6. The summed E-state index contributed by atoms with van der Waals surface area (Å²) in [4.78, 5) is 9.06. The number of methoxy groups -OCH3 is 2. The number of fused-ring (bicyclic) bond motifs is 2. The lowest BCUT2D eigenvalue weighted by Crippen LogP contribution is -1.99. The molecule has 7 nitrogen and oxygen atoms in total. The van der Waals surface area contributed by atoms with E-state index in [2.05, 4.69) is 20.2 Å². The van der Waals surface area contributed by atoms with Crippen LogP contribution in [-0.2, 0) is 0 Å². The molecule has 0 spiro atoms. The van der Waals surface area contributed by atoms with Crippen LogP contribution in [0.4, 0.5) is 5.82 Å². The molecular formula is C17H15N5O2. The predicted octanol–water partition coefficient (Wildman–Crippen LogP) is 2.77. The summed E-state index contributed by atoms with van der Waals surface area (Å²) in [5.41, 5.74) is 8.66. The third kappa shape index (κ3) is 2.18. The summed E-state index contributed by atoms with van der Waals surface area (Å²) in [6.45, 7) is 0. The first kappa shape index (κ1) is 14.3. The lowest BCUT2D eigenvalue weighted by molar-refractivity contribution is 0.356. The summed E-state index contributed by atoms with van der Waals surface area (Å²) >= 11 is 0. The van der Waals surface area contributed by atoms with E-state index in [4.69, 9.17) is 15.2 Å². The van der Waals surface area contributed by atoms with Crippen LogP contribution >= 0.6 is 0 Å². The van der Waals surface area contributed by atoms with Gasteiger partial charge in [0.15, 0.2) is 17.3 Å². The Morgan fingerprint density at radius 2 is 1.79 bits per heavy atom. The van der Waals surface area contributed by atoms with E-state index in [1.54, 1.807) is 32.5 Å². The molecule has 0 fully saturated rings. The molecule has 0 radical (unpaired) electrons. The third-order valence-corrected chi connectivity index (χ3v) is 3.93. The van der Waals surface area contributed by atoms with Crippen molar-refractivity contribution in [1.29, 1.82) is 0 Å². The molecule has 0 bridgehead atoms. The van der Waals surface area contributed by atoms with Gasteiger partial charge >= 0.3 is 0 Å². The number of anilines is 1. The maximum absolute atomic E-state index is 6.14. The van der Waals surface area contributed by atoms with E-state index in [-0.39, 0.29) is 0 Å². The zero-order valence-corrected chi connectivity index (χ0v) is 13.2. The van der Waals surface area contributed by atoms with Crippen LogP contribution in [0.15, 0.2) is 36.5 Å². The average Bonchev–Trinajstić information content (AvgIpc) is 3.08. The van der Waals surface area contributed by atoms with Gasteiger partial charge in [0.25, 0.3) is 0 Å². The minimum Gasteiger partial charge on any atom is -0.493 e. The Kier molecular flexibility index (Phi) is 3.19. The SMILES string of the molecule is COc1cc2nc(-c3ccc4[nH]ncc4c3)nc(N)c2cc1OC. The van der Waals surface area contributed by atoms with Crippen LogP contribution in [0.3, 0.4) is 0 Å². The van der Waals surface area contributed by atoms with E-state index in [1.807, 2.05) is 18.2 Å². The van der Waals surface area contributed by atoms with Gasteiger partial charge in [0.2, 0.25) is 0 Å². The highest BCUT2D eigenvalue weighted by Crippen LogP contribution is 2.34. The number of nitrogen functional groups attached to an aromatic ring is 1. The highest BCUT2D eigenvalue weighted by molar-refractivity contribution is 5.92. The molecule has 3 N–H and O–H groups in total. The van der Waals surface area contributed by atoms with Crippen molar-refractivity contribution >= 4 is 27.6 Å². The van der Waals surface area contributed by atoms with Crippen LogP contribution in [0, 0.1) is 0 Å². The van der Waals surface area contributed by atoms with E-state index in [9.17, 15) is 0 Å². The van der Waals surface area contributed by atoms with Crippen molar-refractivity contribution in [3.8, 4) is 22.9 Å². The smallest absolute Gasteiger partial charge is 0.162 e. The number of nitrogens with one attached hydrogen (secondary N) is 1. The summed E-state index contributed by atoms with van der Waals surface area (Å²) in [6.07, 6.45) is 1.76. The van der Waals surface area contributed by atoms with Gasteiger partial charge in [-0.3, -0.25) is 5.10 Å². The molecule has 2 aromatic carbocycles. The first-order valence-corrected chi connectivity index (χ1v) is 7.32. The number of ether oxygens (including phenoxy) is 2. The minimum atomic E-state index is 0.392. The topological polar surface area (TPSA) is 98.9 Å². The number of nitrogens with two attached hydrogens (primary N) is 1. The van der Waals surface area contributed by atoms with E-state index in [1.165, 1.54) is 0 Å². The van der Waals surface area contributed by atoms with Crippen LogP contribution in [0.1, 0.15) is 0 Å². The fraction of sp³-hybridized carbons (Fsp3) is 0.118. The number of nitrogens with zero attached hydrogens (tertiary/aromatic N) is 3. The summed E-state index contributed by atoms with van der Waals surface area (Å²) in [7, 11) is 3.16. The Balaban J connectivity index is 1.92. The number of aromatic nitrogens is 4. The molecule has 0 amide bonds. The number of hydrogen-bond donors (Lipinski definition) is 2. The fourth-order valence-corrected chi connectivity index (χ4v) is 2.69. The number of rotatable bonds is 3. The maximum atomic E-state index is 6.14. The van der Waals surface area contributed by atoms with Crippen LogP contribution in [0.25, 0.3) is 33.2 Å². The van der Waals surface area contributed by atoms with Crippen molar-refractivity contribution in [2.24, 2.45) is 0 Å². The monoisotopic (exact) mass is 321 g/mol. The number of H-pyrrole nitrogens is 1. The standard InChI is InChI=1S/C17H15N5O2/c1-23-14-6-11-13(7-15(14)24-2)20-17(21-16(11)18)9-3-4-12-10(5-9)8-19-22-12/h3-8H,1-2H3,(H,19,22)(H2,18,20,21). The van der Waals surface area contributed by atoms with Gasteiger partial charge in [-0.1, -0.05) is 0 Å². The molecule has 0 aliphatic carbocycles. The Morgan fingerprint density at radius 1 is 1.00 bits per heavy atom. The van der Waals surface area contributed by atoms with Crippen molar-refractivity contribution in [3.63, 3.8) is 0 Å². The van der Waals surface area contributed by atoms with Crippen LogP contribution in [0.5, 0.6) is 11.5 Å². The van der Waals surface area contributed by atoms with Gasteiger partial charge in [-0.15, -0.1) is 0 Å². The van der Waals surface area contributed by atoms with Gasteiger partial charge in [-0.25, -0.2) is 9.97 Å². The molecule has 120 valence electrons. The van der Waals surface area contributed by atoms with Crippen molar-refractivity contribution in [3.05, 3.63) is 36.5 Å². The van der Waals surface area contributed by atoms with E-state index >= 15 is 0 Å². The molecule has 2 heterocycles. The van der Waals surface area contributed by atoms with Gasteiger partial charge in [0.05, 0.1) is 31.4 Å². The van der Waals surface area contributed by atoms with Gasteiger partial charge in [0, 0.05) is 22.4 Å². The Labute approximate surface area is 137 Å². The molecule has 0 atom stereocenters. The summed E-state index contributed by atoms with van der Waals surface area (Å²) in [5.74, 6) is 2.13. The summed E-state index contributed by atoms with van der Waals surface area (Å²) in [5, 5.41) is 8.66. The van der Waals surface area contributed by atoms with Crippen LogP contribution in [0.2, 0.25) is 0 Å². The molecule has 4 aromatic rings. The molecule has 4 rings (SSSR count). The zero-order valence-electron chi connectivity index (χ0n) is 13.2. The molecule has 2 aromatic heterocycles. The lowest BCUT2D eigenvalue weighted by atomic mass is 10.1. The van der Waals surface area contributed by atoms with Gasteiger partial charge in [-0.2, -0.15) is 5.10 Å². The molecule has 0 unspecified atom stereocenters. The Morgan fingerprint density at radius 3 is 2.58 bits per heavy atom. The molecular weight excluding hydrogens is 306 g/mol. The molecule has 0 saturated carbocycles. The lowest BCUT2D eigenvalue weighted by Gasteiger charge is -2.11. The van der Waals surface area contributed by atoms with E-state index in [0.29, 0.717) is 28.7 Å². The van der Waals surface area contributed by atoms with Crippen molar-refractivity contribution in [2.45, 2.75) is 0 Å². The number of aromatic amines is 1. The average molecular weight is 321 g/mol. The Hall–Kier alpha value is -3.35. The Bertz CT molecular complexity index is 1060. The number of benzene rings is 2. The van der Waals surface area contributed by atoms with E-state index < -0.39 is 0 Å². The van der Waals surface area contributed by atoms with Crippen molar-refractivity contribution in [2.75, 3.05) is 20.0 Å². The first-order valence-electron chi connectivity index (χ1n) is 7.32. The van der Waals surface area contributed by atoms with Crippen LogP contribution < -0.4 is 15.2 Å². The highest BCUT2D eigenvalue weighted by Gasteiger charge is 2.13. The third-order valence-electron chi connectivity index (χ3n) is 3.93.